The molecule has 0 bridgehead atoms. The Labute approximate surface area is 92.9 Å². The molecule has 2 amide bonds. The number of rotatable bonds is 0. The average Bonchev–Trinajstić information content (AvgIpc) is 2.30. The SMILES string of the molecule is O=C1[N-]C(=O)C2CCC=CC12.[Na+]. The Morgan fingerprint density at radius 3 is 2.75 bits per heavy atom. The van der Waals surface area contributed by atoms with Crippen LogP contribution in [0.15, 0.2) is 12.2 Å². The molecule has 1 fully saturated rings. The van der Waals surface area contributed by atoms with Gasteiger partial charge in [0.25, 0.3) is 0 Å². The van der Waals surface area contributed by atoms with Crippen LogP contribution in [-0.2, 0) is 9.59 Å². The monoisotopic (exact) mass is 173 g/mol. The van der Waals surface area contributed by atoms with Crippen molar-refractivity contribution in [3.05, 3.63) is 17.5 Å². The van der Waals surface area contributed by atoms with Crippen molar-refractivity contribution in [2.45, 2.75) is 12.8 Å². The van der Waals surface area contributed by atoms with E-state index in [0.29, 0.717) is 0 Å². The molecule has 0 N–H and O–H groups in total. The van der Waals surface area contributed by atoms with Gasteiger partial charge in [-0.25, -0.2) is 0 Å². The van der Waals surface area contributed by atoms with Gasteiger partial charge >= 0.3 is 29.6 Å². The van der Waals surface area contributed by atoms with Crippen LogP contribution in [0.5, 0.6) is 0 Å². The fourth-order valence-electron chi connectivity index (χ4n) is 1.63. The van der Waals surface area contributed by atoms with Gasteiger partial charge < -0.3 is 14.9 Å². The number of imide groups is 1. The van der Waals surface area contributed by atoms with Crippen molar-refractivity contribution in [2.24, 2.45) is 11.8 Å². The van der Waals surface area contributed by atoms with E-state index in [1.807, 2.05) is 12.2 Å². The van der Waals surface area contributed by atoms with E-state index in [9.17, 15) is 9.59 Å². The van der Waals surface area contributed by atoms with Gasteiger partial charge in [0, 0.05) is 11.8 Å². The largest absolute Gasteiger partial charge is 1.00 e. The van der Waals surface area contributed by atoms with Gasteiger partial charge in [0.2, 0.25) is 0 Å². The van der Waals surface area contributed by atoms with Gasteiger partial charge in [0.15, 0.2) is 0 Å². The predicted molar refractivity (Wildman–Crippen MR) is 38.7 cm³/mol. The maximum absolute atomic E-state index is 11.0. The molecular formula is C8H8NNaO2. The summed E-state index contributed by atoms with van der Waals surface area (Å²) < 4.78 is 0. The van der Waals surface area contributed by atoms with Crippen molar-refractivity contribution in [1.82, 2.24) is 0 Å². The minimum Gasteiger partial charge on any atom is -0.595 e. The third-order valence-corrected chi connectivity index (χ3v) is 2.24. The summed E-state index contributed by atoms with van der Waals surface area (Å²) in [6.07, 6.45) is 5.45. The Kier molecular flexibility index (Phi) is 3.09. The molecule has 1 heterocycles. The molecule has 58 valence electrons. The van der Waals surface area contributed by atoms with E-state index in [4.69, 9.17) is 0 Å². The molecule has 0 aromatic rings. The number of nitrogens with zero attached hydrogens (tertiary/aromatic N) is 1. The normalized spacial score (nSPS) is 32.3. The molecule has 0 radical (unpaired) electrons. The second-order valence-corrected chi connectivity index (χ2v) is 2.93. The summed E-state index contributed by atoms with van der Waals surface area (Å²) in [6, 6.07) is 0. The maximum Gasteiger partial charge on any atom is 1.00 e. The fraction of sp³-hybridized carbons (Fsp3) is 0.500. The zero-order valence-corrected chi connectivity index (χ0v) is 8.99. The molecule has 2 aliphatic rings. The first-order valence-electron chi connectivity index (χ1n) is 3.75. The van der Waals surface area contributed by atoms with Gasteiger partial charge in [-0.05, 0) is 12.8 Å². The molecule has 4 heteroatoms. The van der Waals surface area contributed by atoms with Crippen molar-refractivity contribution in [3.8, 4) is 0 Å². The fourth-order valence-corrected chi connectivity index (χ4v) is 1.63. The van der Waals surface area contributed by atoms with Crippen LogP contribution in [0.2, 0.25) is 0 Å². The first kappa shape index (κ1) is 9.96. The van der Waals surface area contributed by atoms with E-state index >= 15 is 0 Å². The van der Waals surface area contributed by atoms with Crippen LogP contribution in [0, 0.1) is 11.8 Å². The number of amides is 2. The summed E-state index contributed by atoms with van der Waals surface area (Å²) in [5, 5.41) is 3.40. The van der Waals surface area contributed by atoms with Crippen molar-refractivity contribution in [1.29, 1.82) is 0 Å². The Hall–Kier alpha value is -0.120. The molecule has 1 aliphatic heterocycles. The van der Waals surface area contributed by atoms with E-state index in [2.05, 4.69) is 5.32 Å². The summed E-state index contributed by atoms with van der Waals surface area (Å²) in [5.41, 5.74) is 0. The molecule has 2 rings (SSSR count). The minimum atomic E-state index is -0.254. The molecule has 0 aromatic carbocycles. The molecule has 2 atom stereocenters. The number of carbonyl (C=O) groups is 2. The third kappa shape index (κ3) is 1.49. The Bertz CT molecular complexity index is 249. The van der Waals surface area contributed by atoms with E-state index in [0.717, 1.165) is 12.8 Å². The quantitative estimate of drug-likeness (QED) is 0.242. The topological polar surface area (TPSA) is 48.2 Å². The van der Waals surface area contributed by atoms with Crippen molar-refractivity contribution < 1.29 is 39.1 Å². The summed E-state index contributed by atoms with van der Waals surface area (Å²) >= 11 is 0. The second-order valence-electron chi connectivity index (χ2n) is 2.93. The molecule has 12 heavy (non-hydrogen) atoms. The molecule has 0 saturated carbocycles. The Balaban J connectivity index is 0.000000720. The van der Waals surface area contributed by atoms with Gasteiger partial charge in [-0.1, -0.05) is 12.2 Å². The predicted octanol–water partition coefficient (Wildman–Crippen LogP) is -1.99. The van der Waals surface area contributed by atoms with E-state index in [-0.39, 0.29) is 53.2 Å². The Morgan fingerprint density at radius 1 is 1.33 bits per heavy atom. The van der Waals surface area contributed by atoms with E-state index in [1.165, 1.54) is 0 Å². The molecule has 0 spiro atoms. The number of fused-ring (bicyclic) bond motifs is 1. The van der Waals surface area contributed by atoms with Crippen molar-refractivity contribution >= 4 is 11.8 Å². The van der Waals surface area contributed by atoms with E-state index < -0.39 is 0 Å². The van der Waals surface area contributed by atoms with Crippen molar-refractivity contribution in [2.75, 3.05) is 0 Å². The van der Waals surface area contributed by atoms with Crippen LogP contribution in [0.3, 0.4) is 0 Å². The van der Waals surface area contributed by atoms with Crippen LogP contribution in [-0.4, -0.2) is 11.8 Å². The van der Waals surface area contributed by atoms with Crippen LogP contribution >= 0.6 is 0 Å². The van der Waals surface area contributed by atoms with Gasteiger partial charge in [-0.15, -0.1) is 0 Å². The molecule has 1 aliphatic carbocycles. The molecule has 2 unspecified atom stereocenters. The molecule has 1 saturated heterocycles. The second kappa shape index (κ2) is 3.73. The Morgan fingerprint density at radius 2 is 2.08 bits per heavy atom. The van der Waals surface area contributed by atoms with Crippen LogP contribution in [0.4, 0.5) is 0 Å². The van der Waals surface area contributed by atoms with Gasteiger partial charge in [-0.3, -0.25) is 0 Å². The summed E-state index contributed by atoms with van der Waals surface area (Å²) in [7, 11) is 0. The smallest absolute Gasteiger partial charge is 0.595 e. The summed E-state index contributed by atoms with van der Waals surface area (Å²) in [4.78, 5) is 22.0. The first-order chi connectivity index (χ1) is 5.29. The van der Waals surface area contributed by atoms with Crippen molar-refractivity contribution in [3.63, 3.8) is 0 Å². The van der Waals surface area contributed by atoms with Gasteiger partial charge in [-0.2, -0.15) is 0 Å². The van der Waals surface area contributed by atoms with Crippen LogP contribution in [0.1, 0.15) is 12.8 Å². The number of hydrogen-bond acceptors (Lipinski definition) is 2. The minimum absolute atomic E-state index is 0. The van der Waals surface area contributed by atoms with Crippen LogP contribution < -0.4 is 29.6 Å². The van der Waals surface area contributed by atoms with Crippen LogP contribution in [0.25, 0.3) is 5.32 Å². The molecule has 3 nitrogen and oxygen atoms in total. The average molecular weight is 173 g/mol. The standard InChI is InChI=1S/C8H9NO2.Na/c10-7-5-3-1-2-4-6(5)8(11)9-7;/h1,3,5-6H,2,4H2,(H,9,10,11);/q;+1/p-1. The van der Waals surface area contributed by atoms with Gasteiger partial charge in [0.1, 0.15) is 0 Å². The van der Waals surface area contributed by atoms with E-state index in [1.54, 1.807) is 0 Å². The molecular weight excluding hydrogens is 165 g/mol. The van der Waals surface area contributed by atoms with Gasteiger partial charge in [0.05, 0.1) is 11.8 Å². The zero-order chi connectivity index (χ0) is 7.84. The maximum atomic E-state index is 11.0. The molecule has 0 aromatic heterocycles. The number of hydrogen-bond donors (Lipinski definition) is 0. The number of allylic oxidation sites excluding steroid dienone is 1. The third-order valence-electron chi connectivity index (χ3n) is 2.24. The summed E-state index contributed by atoms with van der Waals surface area (Å²) in [6.45, 7) is 0. The summed E-state index contributed by atoms with van der Waals surface area (Å²) in [5.74, 6) is -0.830. The zero-order valence-electron chi connectivity index (χ0n) is 6.99. The first-order valence-corrected chi connectivity index (χ1v) is 3.75. The number of carbonyl (C=O) groups excluding carboxylic acids is 2.